The van der Waals surface area contributed by atoms with Crippen LogP contribution in [0.2, 0.25) is 0 Å². The summed E-state index contributed by atoms with van der Waals surface area (Å²) in [5.74, 6) is 0. The van der Waals surface area contributed by atoms with Gasteiger partial charge in [0.1, 0.15) is 0 Å². The number of nitrogens with one attached hydrogen (secondary N) is 1. The molecule has 0 amide bonds. The summed E-state index contributed by atoms with van der Waals surface area (Å²) in [6, 6.07) is 25.5. The number of benzene rings is 3. The Bertz CT molecular complexity index is 1210. The van der Waals surface area contributed by atoms with Crippen molar-refractivity contribution in [2.45, 2.75) is 34.1 Å². The zero-order valence-corrected chi connectivity index (χ0v) is 19.3. The van der Waals surface area contributed by atoms with Crippen molar-refractivity contribution in [1.82, 2.24) is 4.98 Å². The molecule has 4 rings (SSSR count). The van der Waals surface area contributed by atoms with Crippen LogP contribution in [0.3, 0.4) is 0 Å². The third-order valence-corrected chi connectivity index (χ3v) is 6.55. The molecular weight excluding hydrogens is 398 g/mol. The van der Waals surface area contributed by atoms with Crippen LogP contribution in [-0.2, 0) is 6.42 Å². The molecule has 3 aromatic carbocycles. The van der Waals surface area contributed by atoms with E-state index in [0.717, 1.165) is 44.5 Å². The standard InChI is InChI=1S/C27H27N3S/c1-5-21-12-15-22(16-13-21)20(4)29-30-27-28-25(24-14-11-18(2)19(3)17-24)26(31-27)23-9-7-6-8-10-23/h6-17H,5H2,1-4H3,(H,28,30)/b29-20-. The number of rotatable bonds is 6. The lowest BCUT2D eigenvalue weighted by atomic mass is 10.0. The van der Waals surface area contributed by atoms with Crippen molar-refractivity contribution in [2.24, 2.45) is 5.10 Å². The van der Waals surface area contributed by atoms with Gasteiger partial charge in [0.2, 0.25) is 5.13 Å². The highest BCUT2D eigenvalue weighted by Crippen LogP contribution is 2.39. The van der Waals surface area contributed by atoms with Gasteiger partial charge in [0, 0.05) is 5.56 Å². The van der Waals surface area contributed by atoms with E-state index in [-0.39, 0.29) is 0 Å². The van der Waals surface area contributed by atoms with Crippen molar-refractivity contribution in [3.8, 4) is 21.7 Å². The van der Waals surface area contributed by atoms with Gasteiger partial charge in [-0.15, -0.1) is 0 Å². The maximum absolute atomic E-state index is 4.92. The molecule has 1 heterocycles. The first-order valence-corrected chi connectivity index (χ1v) is 11.4. The van der Waals surface area contributed by atoms with E-state index in [4.69, 9.17) is 4.98 Å². The highest BCUT2D eigenvalue weighted by Gasteiger charge is 2.15. The molecule has 31 heavy (non-hydrogen) atoms. The van der Waals surface area contributed by atoms with Crippen LogP contribution in [0.1, 0.15) is 36.1 Å². The Balaban J connectivity index is 1.68. The first kappa shape index (κ1) is 21.0. The van der Waals surface area contributed by atoms with Crippen LogP contribution in [0.15, 0.2) is 77.9 Å². The number of anilines is 1. The second-order valence-electron chi connectivity index (χ2n) is 7.72. The van der Waals surface area contributed by atoms with E-state index in [1.54, 1.807) is 11.3 Å². The van der Waals surface area contributed by atoms with Crippen LogP contribution in [0.25, 0.3) is 21.7 Å². The van der Waals surface area contributed by atoms with Crippen molar-refractivity contribution in [1.29, 1.82) is 0 Å². The summed E-state index contributed by atoms with van der Waals surface area (Å²) in [5.41, 5.74) is 12.4. The van der Waals surface area contributed by atoms with E-state index in [1.165, 1.54) is 16.7 Å². The molecule has 0 aliphatic heterocycles. The highest BCUT2D eigenvalue weighted by molar-refractivity contribution is 7.19. The molecule has 4 heteroatoms. The maximum Gasteiger partial charge on any atom is 0.204 e. The molecule has 0 spiro atoms. The van der Waals surface area contributed by atoms with E-state index in [9.17, 15) is 0 Å². The molecule has 0 aliphatic carbocycles. The van der Waals surface area contributed by atoms with E-state index in [2.05, 4.69) is 98.0 Å². The van der Waals surface area contributed by atoms with Crippen molar-refractivity contribution < 1.29 is 0 Å². The lowest BCUT2D eigenvalue weighted by Gasteiger charge is -2.06. The van der Waals surface area contributed by atoms with Gasteiger partial charge >= 0.3 is 0 Å². The largest absolute Gasteiger partial charge is 0.252 e. The molecule has 1 aromatic heterocycles. The second-order valence-corrected chi connectivity index (χ2v) is 8.72. The van der Waals surface area contributed by atoms with E-state index in [1.807, 2.05) is 13.0 Å². The Morgan fingerprint density at radius 2 is 1.65 bits per heavy atom. The molecule has 0 aliphatic rings. The van der Waals surface area contributed by atoms with Crippen molar-refractivity contribution in [3.63, 3.8) is 0 Å². The topological polar surface area (TPSA) is 37.3 Å². The lowest BCUT2D eigenvalue weighted by molar-refractivity contribution is 1.14. The first-order chi connectivity index (χ1) is 15.0. The van der Waals surface area contributed by atoms with Crippen LogP contribution in [0.5, 0.6) is 0 Å². The molecule has 0 fully saturated rings. The number of hydrogen-bond acceptors (Lipinski definition) is 4. The van der Waals surface area contributed by atoms with E-state index < -0.39 is 0 Å². The zero-order chi connectivity index (χ0) is 21.8. The maximum atomic E-state index is 4.92. The molecule has 4 aromatic rings. The first-order valence-electron chi connectivity index (χ1n) is 10.6. The van der Waals surface area contributed by atoms with Gasteiger partial charge < -0.3 is 0 Å². The molecule has 156 valence electrons. The summed E-state index contributed by atoms with van der Waals surface area (Å²) in [6.07, 6.45) is 1.04. The smallest absolute Gasteiger partial charge is 0.204 e. The minimum Gasteiger partial charge on any atom is -0.252 e. The summed E-state index contributed by atoms with van der Waals surface area (Å²) in [7, 11) is 0. The summed E-state index contributed by atoms with van der Waals surface area (Å²) in [5, 5.41) is 5.40. The van der Waals surface area contributed by atoms with Crippen LogP contribution in [0.4, 0.5) is 5.13 Å². The molecule has 0 atom stereocenters. The second kappa shape index (κ2) is 9.27. The fourth-order valence-corrected chi connectivity index (χ4v) is 4.35. The van der Waals surface area contributed by atoms with Crippen LogP contribution in [-0.4, -0.2) is 10.7 Å². The fraction of sp³-hybridized carbons (Fsp3) is 0.185. The number of thiazole rings is 1. The Labute approximate surface area is 188 Å². The number of aryl methyl sites for hydroxylation is 3. The van der Waals surface area contributed by atoms with Gasteiger partial charge in [-0.25, -0.2) is 4.98 Å². The molecule has 0 bridgehead atoms. The fourth-order valence-electron chi connectivity index (χ4n) is 3.42. The minimum atomic E-state index is 0.789. The Morgan fingerprint density at radius 1 is 0.903 bits per heavy atom. The summed E-state index contributed by atoms with van der Waals surface area (Å²) < 4.78 is 0. The Kier molecular flexibility index (Phi) is 6.28. The third-order valence-electron chi connectivity index (χ3n) is 5.54. The van der Waals surface area contributed by atoms with Crippen LogP contribution >= 0.6 is 11.3 Å². The highest BCUT2D eigenvalue weighted by atomic mass is 32.1. The van der Waals surface area contributed by atoms with Crippen molar-refractivity contribution in [3.05, 3.63) is 95.1 Å². The number of hydrogen-bond donors (Lipinski definition) is 1. The number of aromatic nitrogens is 1. The van der Waals surface area contributed by atoms with Gasteiger partial charge in [-0.1, -0.05) is 85.0 Å². The average molecular weight is 426 g/mol. The number of hydrazone groups is 1. The Hall–Kier alpha value is -3.24. The SMILES string of the molecule is CCc1ccc(/C(C)=N\Nc2nc(-c3ccc(C)c(C)c3)c(-c3ccccc3)s2)cc1. The van der Waals surface area contributed by atoms with Gasteiger partial charge in [0.05, 0.1) is 16.3 Å². The molecule has 0 unspecified atom stereocenters. The van der Waals surface area contributed by atoms with Gasteiger partial charge in [0.25, 0.3) is 0 Å². The molecule has 0 saturated heterocycles. The summed E-state index contributed by atoms with van der Waals surface area (Å²) >= 11 is 1.63. The van der Waals surface area contributed by atoms with Gasteiger partial charge in [-0.3, -0.25) is 5.43 Å². The molecule has 0 saturated carbocycles. The van der Waals surface area contributed by atoms with Crippen LogP contribution < -0.4 is 5.43 Å². The molecule has 3 nitrogen and oxygen atoms in total. The monoisotopic (exact) mass is 425 g/mol. The molecule has 1 N–H and O–H groups in total. The van der Waals surface area contributed by atoms with Gasteiger partial charge in [-0.2, -0.15) is 5.10 Å². The quantitative estimate of drug-likeness (QED) is 0.257. The van der Waals surface area contributed by atoms with Crippen molar-refractivity contribution in [2.75, 3.05) is 5.43 Å². The van der Waals surface area contributed by atoms with Gasteiger partial charge in [-0.05, 0) is 61.1 Å². The van der Waals surface area contributed by atoms with E-state index >= 15 is 0 Å². The normalized spacial score (nSPS) is 11.5. The zero-order valence-electron chi connectivity index (χ0n) is 18.4. The molecular formula is C27H27N3S. The summed E-state index contributed by atoms with van der Waals surface area (Å²) in [4.78, 5) is 6.07. The third kappa shape index (κ3) is 4.75. The molecule has 0 radical (unpaired) electrons. The average Bonchev–Trinajstić information content (AvgIpc) is 3.24. The Morgan fingerprint density at radius 3 is 2.32 bits per heavy atom. The minimum absolute atomic E-state index is 0.789. The predicted octanol–water partition coefficient (Wildman–Crippen LogP) is 7.49. The van der Waals surface area contributed by atoms with Crippen LogP contribution in [0, 0.1) is 13.8 Å². The van der Waals surface area contributed by atoms with Crippen molar-refractivity contribution >= 4 is 22.2 Å². The lowest BCUT2D eigenvalue weighted by Crippen LogP contribution is -1.99. The summed E-state index contributed by atoms with van der Waals surface area (Å²) in [6.45, 7) is 8.46. The van der Waals surface area contributed by atoms with Gasteiger partial charge in [0.15, 0.2) is 0 Å². The predicted molar refractivity (Wildman–Crippen MR) is 134 cm³/mol. The van der Waals surface area contributed by atoms with E-state index in [0.29, 0.717) is 0 Å². The number of nitrogens with zero attached hydrogens (tertiary/aromatic N) is 2.